The summed E-state index contributed by atoms with van der Waals surface area (Å²) in [5, 5.41) is 8.15. The van der Waals surface area contributed by atoms with Crippen LogP contribution < -0.4 is 10.6 Å². The van der Waals surface area contributed by atoms with Crippen molar-refractivity contribution in [3.63, 3.8) is 0 Å². The van der Waals surface area contributed by atoms with Crippen LogP contribution >= 0.6 is 11.3 Å². The van der Waals surface area contributed by atoms with Crippen LogP contribution in [0.2, 0.25) is 0 Å². The van der Waals surface area contributed by atoms with Gasteiger partial charge in [0.15, 0.2) is 5.96 Å². The molecule has 2 N–H and O–H groups in total. The van der Waals surface area contributed by atoms with Gasteiger partial charge < -0.3 is 15.5 Å². The number of nitrogens with zero attached hydrogens (tertiary/aromatic N) is 2. The molecular formula is C16H25F3N4OS. The second kappa shape index (κ2) is 10.3. The monoisotopic (exact) mass is 378 g/mol. The summed E-state index contributed by atoms with van der Waals surface area (Å²) in [4.78, 5) is 17.7. The van der Waals surface area contributed by atoms with Gasteiger partial charge in [-0.3, -0.25) is 4.79 Å². The van der Waals surface area contributed by atoms with Gasteiger partial charge in [0.05, 0.1) is 0 Å². The molecule has 9 heteroatoms. The van der Waals surface area contributed by atoms with Gasteiger partial charge in [-0.1, -0.05) is 13.0 Å². The minimum absolute atomic E-state index is 0.332. The number of alkyl halides is 3. The fourth-order valence-electron chi connectivity index (χ4n) is 2.08. The average Bonchev–Trinajstić information content (AvgIpc) is 3.00. The quantitative estimate of drug-likeness (QED) is 0.540. The largest absolute Gasteiger partial charge is 0.406 e. The van der Waals surface area contributed by atoms with Gasteiger partial charge in [0, 0.05) is 25.0 Å². The van der Waals surface area contributed by atoms with Gasteiger partial charge in [0.1, 0.15) is 13.1 Å². The Morgan fingerprint density at radius 3 is 2.68 bits per heavy atom. The number of hydrogen-bond acceptors (Lipinski definition) is 3. The zero-order valence-corrected chi connectivity index (χ0v) is 15.5. The molecule has 1 aromatic heterocycles. The van der Waals surface area contributed by atoms with Crippen LogP contribution in [0, 0.1) is 5.92 Å². The standard InChI is InChI=1S/C16H25F3N4OS/c1-4-20-15(21-9-12(2)8-13-6-5-7-25-13)22-10-14(24)23(3)11-16(17,18)19/h5-7,12H,4,8-11H2,1-3H3,(H2,20,21,22). The van der Waals surface area contributed by atoms with Crippen LogP contribution in [0.25, 0.3) is 0 Å². The van der Waals surface area contributed by atoms with Crippen LogP contribution in [0.1, 0.15) is 18.7 Å². The molecule has 0 fully saturated rings. The highest BCUT2D eigenvalue weighted by Crippen LogP contribution is 2.15. The SMILES string of the molecule is CCNC(=NCC(=O)N(C)CC(F)(F)F)NCC(C)Cc1cccs1. The van der Waals surface area contributed by atoms with Crippen LogP contribution in [0.4, 0.5) is 13.2 Å². The molecule has 0 aliphatic heterocycles. The van der Waals surface area contributed by atoms with E-state index < -0.39 is 18.6 Å². The first-order chi connectivity index (χ1) is 11.7. The van der Waals surface area contributed by atoms with Crippen molar-refractivity contribution in [3.8, 4) is 0 Å². The van der Waals surface area contributed by atoms with Crippen LogP contribution in [0.3, 0.4) is 0 Å². The summed E-state index contributed by atoms with van der Waals surface area (Å²) in [5.41, 5.74) is 0. The second-order valence-electron chi connectivity index (χ2n) is 5.83. The number of halogens is 3. The van der Waals surface area contributed by atoms with Crippen molar-refractivity contribution >= 4 is 23.2 Å². The number of thiophene rings is 1. The van der Waals surface area contributed by atoms with E-state index >= 15 is 0 Å². The van der Waals surface area contributed by atoms with E-state index in [4.69, 9.17) is 0 Å². The Balaban J connectivity index is 2.48. The lowest BCUT2D eigenvalue weighted by Crippen LogP contribution is -2.41. The fraction of sp³-hybridized carbons (Fsp3) is 0.625. The van der Waals surface area contributed by atoms with Crippen molar-refractivity contribution in [1.29, 1.82) is 0 Å². The second-order valence-corrected chi connectivity index (χ2v) is 6.86. The Labute approximate surface area is 150 Å². The number of amides is 1. The molecule has 0 spiro atoms. The molecule has 1 unspecified atom stereocenters. The van der Waals surface area contributed by atoms with E-state index in [0.717, 1.165) is 13.5 Å². The first-order valence-electron chi connectivity index (χ1n) is 8.06. The predicted molar refractivity (Wildman–Crippen MR) is 94.9 cm³/mol. The van der Waals surface area contributed by atoms with Crippen molar-refractivity contribution in [2.75, 3.05) is 33.2 Å². The molecule has 142 valence electrons. The number of aliphatic imine (C=N–C) groups is 1. The number of nitrogens with one attached hydrogen (secondary N) is 2. The number of guanidine groups is 1. The molecule has 1 heterocycles. The van der Waals surface area contributed by atoms with Crippen molar-refractivity contribution in [2.45, 2.75) is 26.4 Å². The lowest BCUT2D eigenvalue weighted by Gasteiger charge is -2.19. The number of likely N-dealkylation sites (N-methyl/N-ethyl adjacent to an activating group) is 1. The third kappa shape index (κ3) is 9.33. The Morgan fingerprint density at radius 1 is 1.40 bits per heavy atom. The Kier molecular flexibility index (Phi) is 8.74. The zero-order valence-electron chi connectivity index (χ0n) is 14.7. The zero-order chi connectivity index (χ0) is 18.9. The Hall–Kier alpha value is -1.77. The normalized spacial score (nSPS) is 13.4. The highest BCUT2D eigenvalue weighted by Gasteiger charge is 2.31. The molecule has 0 bridgehead atoms. The van der Waals surface area contributed by atoms with E-state index in [1.54, 1.807) is 11.3 Å². The van der Waals surface area contributed by atoms with Gasteiger partial charge in [0.25, 0.3) is 0 Å². The van der Waals surface area contributed by atoms with Crippen molar-refractivity contribution in [1.82, 2.24) is 15.5 Å². The fourth-order valence-corrected chi connectivity index (χ4v) is 2.95. The van der Waals surface area contributed by atoms with Crippen LogP contribution in [0.5, 0.6) is 0 Å². The maximum atomic E-state index is 12.3. The number of rotatable bonds is 8. The van der Waals surface area contributed by atoms with E-state index in [0.29, 0.717) is 29.9 Å². The van der Waals surface area contributed by atoms with Gasteiger partial charge in [-0.2, -0.15) is 13.2 Å². The molecular weight excluding hydrogens is 353 g/mol. The van der Waals surface area contributed by atoms with Gasteiger partial charge in [-0.15, -0.1) is 11.3 Å². The molecule has 0 aromatic carbocycles. The average molecular weight is 378 g/mol. The minimum Gasteiger partial charge on any atom is -0.357 e. The Bertz CT molecular complexity index is 546. The molecule has 25 heavy (non-hydrogen) atoms. The molecule has 5 nitrogen and oxygen atoms in total. The van der Waals surface area contributed by atoms with Gasteiger partial charge in [0.2, 0.25) is 5.91 Å². The third-order valence-electron chi connectivity index (χ3n) is 3.31. The lowest BCUT2D eigenvalue weighted by molar-refractivity contribution is -0.157. The van der Waals surface area contributed by atoms with E-state index in [1.165, 1.54) is 4.88 Å². The highest BCUT2D eigenvalue weighted by atomic mass is 32.1. The molecule has 0 aliphatic rings. The topological polar surface area (TPSA) is 56.7 Å². The smallest absolute Gasteiger partial charge is 0.357 e. The van der Waals surface area contributed by atoms with Crippen molar-refractivity contribution < 1.29 is 18.0 Å². The first-order valence-corrected chi connectivity index (χ1v) is 8.94. The van der Waals surface area contributed by atoms with Gasteiger partial charge >= 0.3 is 6.18 Å². The predicted octanol–water partition coefficient (Wildman–Crippen LogP) is 2.50. The molecule has 1 aromatic rings. The summed E-state index contributed by atoms with van der Waals surface area (Å²) in [5.74, 6) is 0.0987. The Morgan fingerprint density at radius 2 is 2.12 bits per heavy atom. The van der Waals surface area contributed by atoms with Crippen LogP contribution in [0.15, 0.2) is 22.5 Å². The first kappa shape index (κ1) is 21.3. The molecule has 1 amide bonds. The maximum absolute atomic E-state index is 12.3. The third-order valence-corrected chi connectivity index (χ3v) is 4.21. The summed E-state index contributed by atoms with van der Waals surface area (Å²) in [6, 6.07) is 4.09. The summed E-state index contributed by atoms with van der Waals surface area (Å²) in [6.07, 6.45) is -3.48. The summed E-state index contributed by atoms with van der Waals surface area (Å²) >= 11 is 1.70. The molecule has 0 saturated heterocycles. The number of hydrogen-bond donors (Lipinski definition) is 2. The van der Waals surface area contributed by atoms with Gasteiger partial charge in [-0.05, 0) is 30.7 Å². The maximum Gasteiger partial charge on any atom is 0.406 e. The van der Waals surface area contributed by atoms with Gasteiger partial charge in [-0.25, -0.2) is 4.99 Å². The van der Waals surface area contributed by atoms with Crippen LogP contribution in [-0.4, -0.2) is 56.2 Å². The molecule has 0 radical (unpaired) electrons. The van der Waals surface area contributed by atoms with E-state index in [1.807, 2.05) is 18.4 Å². The van der Waals surface area contributed by atoms with E-state index in [2.05, 4.69) is 28.6 Å². The highest BCUT2D eigenvalue weighted by molar-refractivity contribution is 7.09. The summed E-state index contributed by atoms with van der Waals surface area (Å²) in [6.45, 7) is 3.61. The van der Waals surface area contributed by atoms with Crippen molar-refractivity contribution in [2.24, 2.45) is 10.9 Å². The number of carbonyl (C=O) groups excluding carboxylic acids is 1. The molecule has 1 rings (SSSR count). The lowest BCUT2D eigenvalue weighted by atomic mass is 10.1. The number of carbonyl (C=O) groups is 1. The summed E-state index contributed by atoms with van der Waals surface area (Å²) in [7, 11) is 1.12. The molecule has 0 aliphatic carbocycles. The molecule has 0 saturated carbocycles. The van der Waals surface area contributed by atoms with E-state index in [-0.39, 0.29) is 6.54 Å². The summed E-state index contributed by atoms with van der Waals surface area (Å²) < 4.78 is 36.9. The minimum atomic E-state index is -4.41. The van der Waals surface area contributed by atoms with Crippen LogP contribution in [-0.2, 0) is 11.2 Å². The van der Waals surface area contributed by atoms with Crippen molar-refractivity contribution in [3.05, 3.63) is 22.4 Å². The molecule has 1 atom stereocenters. The van der Waals surface area contributed by atoms with E-state index in [9.17, 15) is 18.0 Å².